The lowest BCUT2D eigenvalue weighted by Gasteiger charge is -2.06. The van der Waals surface area contributed by atoms with Gasteiger partial charge in [0.05, 0.1) is 6.61 Å². The van der Waals surface area contributed by atoms with Crippen molar-refractivity contribution in [3.05, 3.63) is 17.0 Å². The van der Waals surface area contributed by atoms with Crippen LogP contribution >= 0.6 is 11.6 Å². The molecule has 0 aliphatic heterocycles. The third-order valence-electron chi connectivity index (χ3n) is 1.78. The monoisotopic (exact) mass is 243 g/mol. The van der Waals surface area contributed by atoms with Gasteiger partial charge in [-0.25, -0.2) is 9.97 Å². The summed E-state index contributed by atoms with van der Waals surface area (Å²) in [6, 6.07) is 1.57. The normalized spacial score (nSPS) is 9.94. The largest absolute Gasteiger partial charge is 0.465 e. The molecule has 0 spiro atoms. The Bertz CT molecular complexity index is 371. The molecular formula is C10H14ClN3O2. The second-order valence-corrected chi connectivity index (χ2v) is 3.39. The first-order valence-corrected chi connectivity index (χ1v) is 5.46. The van der Waals surface area contributed by atoms with Crippen molar-refractivity contribution in [2.45, 2.75) is 20.3 Å². The zero-order valence-corrected chi connectivity index (χ0v) is 10.0. The van der Waals surface area contributed by atoms with E-state index in [4.69, 9.17) is 16.3 Å². The van der Waals surface area contributed by atoms with E-state index in [1.807, 2.05) is 6.92 Å². The quantitative estimate of drug-likeness (QED) is 0.630. The van der Waals surface area contributed by atoms with Crippen molar-refractivity contribution in [3.63, 3.8) is 0 Å². The van der Waals surface area contributed by atoms with Crippen molar-refractivity contribution in [1.29, 1.82) is 0 Å². The van der Waals surface area contributed by atoms with Crippen LogP contribution in [0.25, 0.3) is 0 Å². The number of halogens is 1. The van der Waals surface area contributed by atoms with Gasteiger partial charge in [0.1, 0.15) is 23.3 Å². The van der Waals surface area contributed by atoms with Crippen LogP contribution in [0.2, 0.25) is 5.15 Å². The molecule has 0 aromatic carbocycles. The Morgan fingerprint density at radius 1 is 1.50 bits per heavy atom. The van der Waals surface area contributed by atoms with Crippen LogP contribution in [-0.4, -0.2) is 29.1 Å². The Morgan fingerprint density at radius 3 is 2.88 bits per heavy atom. The molecule has 0 aliphatic carbocycles. The van der Waals surface area contributed by atoms with Crippen LogP contribution in [0, 0.1) is 0 Å². The van der Waals surface area contributed by atoms with Crippen LogP contribution in [0.15, 0.2) is 6.07 Å². The molecule has 1 rings (SSSR count). The lowest BCUT2D eigenvalue weighted by molar-refractivity contribution is -0.140. The number of anilines is 1. The summed E-state index contributed by atoms with van der Waals surface area (Å²) in [6.45, 7) is 4.13. The van der Waals surface area contributed by atoms with Crippen molar-refractivity contribution in [2.75, 3.05) is 18.5 Å². The minimum atomic E-state index is -0.324. The number of esters is 1. The summed E-state index contributed by atoms with van der Waals surface area (Å²) in [5.74, 6) is 0.846. The molecule has 0 fully saturated rings. The van der Waals surface area contributed by atoms with Crippen molar-refractivity contribution in [3.8, 4) is 0 Å². The van der Waals surface area contributed by atoms with Gasteiger partial charge in [-0.05, 0) is 6.92 Å². The molecule has 0 unspecified atom stereocenters. The van der Waals surface area contributed by atoms with Crippen LogP contribution in [0.5, 0.6) is 0 Å². The van der Waals surface area contributed by atoms with E-state index < -0.39 is 0 Å². The fourth-order valence-electron chi connectivity index (χ4n) is 1.09. The molecule has 0 saturated carbocycles. The molecule has 16 heavy (non-hydrogen) atoms. The number of nitrogens with one attached hydrogen (secondary N) is 1. The number of rotatable bonds is 5. The number of aryl methyl sites for hydroxylation is 1. The van der Waals surface area contributed by atoms with Gasteiger partial charge in [-0.15, -0.1) is 0 Å². The Kier molecular flexibility index (Phi) is 4.98. The molecule has 1 aromatic rings. The highest BCUT2D eigenvalue weighted by atomic mass is 35.5. The van der Waals surface area contributed by atoms with Gasteiger partial charge in [0.2, 0.25) is 0 Å². The molecule has 0 amide bonds. The predicted molar refractivity (Wildman–Crippen MR) is 61.5 cm³/mol. The number of nitrogens with zero attached hydrogens (tertiary/aromatic N) is 2. The fraction of sp³-hybridized carbons (Fsp3) is 0.500. The van der Waals surface area contributed by atoms with E-state index in [9.17, 15) is 4.79 Å². The molecule has 0 atom stereocenters. The number of hydrogen-bond acceptors (Lipinski definition) is 5. The molecule has 1 aromatic heterocycles. The summed E-state index contributed by atoms with van der Waals surface area (Å²) in [6.07, 6.45) is 0.689. The second-order valence-electron chi connectivity index (χ2n) is 3.00. The molecule has 1 N–H and O–H groups in total. The van der Waals surface area contributed by atoms with E-state index in [2.05, 4.69) is 15.3 Å². The maximum absolute atomic E-state index is 11.1. The van der Waals surface area contributed by atoms with Gasteiger partial charge in [-0.1, -0.05) is 18.5 Å². The van der Waals surface area contributed by atoms with Crippen LogP contribution in [-0.2, 0) is 16.0 Å². The van der Waals surface area contributed by atoms with E-state index in [0.717, 1.165) is 0 Å². The molecule has 0 radical (unpaired) electrons. The van der Waals surface area contributed by atoms with Crippen LogP contribution in [0.3, 0.4) is 0 Å². The SMILES string of the molecule is CCOC(=O)CNc1cc(Cl)nc(CC)n1. The zero-order chi connectivity index (χ0) is 12.0. The topological polar surface area (TPSA) is 64.1 Å². The Balaban J connectivity index is 2.59. The minimum Gasteiger partial charge on any atom is -0.465 e. The maximum atomic E-state index is 11.1. The number of aromatic nitrogens is 2. The maximum Gasteiger partial charge on any atom is 0.325 e. The molecule has 1 heterocycles. The Morgan fingerprint density at radius 2 is 2.25 bits per heavy atom. The Hall–Kier alpha value is -1.36. The number of carbonyl (C=O) groups excluding carboxylic acids is 1. The summed E-state index contributed by atoms with van der Waals surface area (Å²) >= 11 is 5.80. The molecular weight excluding hydrogens is 230 g/mol. The first kappa shape index (κ1) is 12.7. The molecule has 6 heteroatoms. The number of hydrogen-bond donors (Lipinski definition) is 1. The van der Waals surface area contributed by atoms with Crippen LogP contribution in [0.4, 0.5) is 5.82 Å². The van der Waals surface area contributed by atoms with Gasteiger partial charge < -0.3 is 10.1 Å². The van der Waals surface area contributed by atoms with Gasteiger partial charge in [-0.2, -0.15) is 0 Å². The summed E-state index contributed by atoms with van der Waals surface area (Å²) in [4.78, 5) is 19.3. The fourth-order valence-corrected chi connectivity index (χ4v) is 1.29. The highest BCUT2D eigenvalue weighted by Crippen LogP contribution is 2.11. The second kappa shape index (κ2) is 6.27. The third-order valence-corrected chi connectivity index (χ3v) is 1.97. The smallest absolute Gasteiger partial charge is 0.325 e. The van der Waals surface area contributed by atoms with E-state index in [0.29, 0.717) is 29.8 Å². The lowest BCUT2D eigenvalue weighted by Crippen LogP contribution is -2.17. The average molecular weight is 244 g/mol. The number of carbonyl (C=O) groups is 1. The standard InChI is InChI=1S/C10H14ClN3O2/c1-3-8-13-7(11)5-9(14-8)12-6-10(15)16-4-2/h5H,3-4,6H2,1-2H3,(H,12,13,14). The first-order chi connectivity index (χ1) is 7.65. The van der Waals surface area contributed by atoms with E-state index >= 15 is 0 Å². The molecule has 0 bridgehead atoms. The molecule has 0 saturated heterocycles. The predicted octanol–water partition coefficient (Wildman–Crippen LogP) is 1.67. The highest BCUT2D eigenvalue weighted by Gasteiger charge is 2.04. The van der Waals surface area contributed by atoms with E-state index in [1.54, 1.807) is 13.0 Å². The van der Waals surface area contributed by atoms with Crippen molar-refractivity contribution >= 4 is 23.4 Å². The van der Waals surface area contributed by atoms with Crippen LogP contribution in [0.1, 0.15) is 19.7 Å². The summed E-state index contributed by atoms with van der Waals surface area (Å²) in [5.41, 5.74) is 0. The van der Waals surface area contributed by atoms with Gasteiger partial charge in [0.25, 0.3) is 0 Å². The minimum absolute atomic E-state index is 0.0737. The van der Waals surface area contributed by atoms with Gasteiger partial charge in [0.15, 0.2) is 0 Å². The van der Waals surface area contributed by atoms with Crippen molar-refractivity contribution in [2.24, 2.45) is 0 Å². The van der Waals surface area contributed by atoms with E-state index in [-0.39, 0.29) is 12.5 Å². The summed E-state index contributed by atoms with van der Waals surface area (Å²) in [7, 11) is 0. The summed E-state index contributed by atoms with van der Waals surface area (Å²) in [5, 5.41) is 3.19. The van der Waals surface area contributed by atoms with Gasteiger partial charge in [0, 0.05) is 12.5 Å². The highest BCUT2D eigenvalue weighted by molar-refractivity contribution is 6.29. The Labute approximate surface area is 99.2 Å². The van der Waals surface area contributed by atoms with Crippen LogP contribution < -0.4 is 5.32 Å². The average Bonchev–Trinajstić information content (AvgIpc) is 2.26. The first-order valence-electron chi connectivity index (χ1n) is 5.08. The van der Waals surface area contributed by atoms with Gasteiger partial charge >= 0.3 is 5.97 Å². The zero-order valence-electron chi connectivity index (χ0n) is 9.29. The third kappa shape index (κ3) is 4.02. The lowest BCUT2D eigenvalue weighted by atomic mass is 10.4. The molecule has 5 nitrogen and oxygen atoms in total. The number of ether oxygens (including phenoxy) is 1. The van der Waals surface area contributed by atoms with E-state index in [1.165, 1.54) is 0 Å². The summed E-state index contributed by atoms with van der Waals surface area (Å²) < 4.78 is 4.77. The molecule has 0 aliphatic rings. The van der Waals surface area contributed by atoms with Crippen molar-refractivity contribution in [1.82, 2.24) is 9.97 Å². The van der Waals surface area contributed by atoms with Crippen molar-refractivity contribution < 1.29 is 9.53 Å². The van der Waals surface area contributed by atoms with Gasteiger partial charge in [-0.3, -0.25) is 4.79 Å². The molecule has 88 valence electrons.